The average molecular weight is 328 g/mol. The molecule has 1 fully saturated rings. The maximum absolute atomic E-state index is 5.70. The molecule has 0 bridgehead atoms. The van der Waals surface area contributed by atoms with Crippen LogP contribution < -0.4 is 14.8 Å². The number of H-pyrrole nitrogens is 1. The van der Waals surface area contributed by atoms with E-state index in [4.69, 9.17) is 9.47 Å². The molecule has 0 amide bonds. The number of aromatic nitrogens is 2. The van der Waals surface area contributed by atoms with Gasteiger partial charge in [-0.2, -0.15) is 5.10 Å². The normalized spacial score (nSPS) is 20.1. The van der Waals surface area contributed by atoms with E-state index in [1.54, 1.807) is 0 Å². The Morgan fingerprint density at radius 2 is 2.04 bits per heavy atom. The van der Waals surface area contributed by atoms with Crippen LogP contribution in [0.4, 0.5) is 0 Å². The van der Waals surface area contributed by atoms with Gasteiger partial charge in [0, 0.05) is 42.8 Å². The molecule has 0 atom stereocenters. The summed E-state index contributed by atoms with van der Waals surface area (Å²) in [7, 11) is 0. The van der Waals surface area contributed by atoms with Gasteiger partial charge in [0.2, 0.25) is 0 Å². The van der Waals surface area contributed by atoms with E-state index in [0.717, 1.165) is 48.9 Å². The molecular formula is C18H24N4O2. The fourth-order valence-electron chi connectivity index (χ4n) is 3.50. The first-order valence-corrected chi connectivity index (χ1v) is 8.50. The predicted molar refractivity (Wildman–Crippen MR) is 92.4 cm³/mol. The fourth-order valence-corrected chi connectivity index (χ4v) is 3.50. The van der Waals surface area contributed by atoms with Crippen molar-refractivity contribution in [3.05, 3.63) is 30.0 Å². The lowest BCUT2D eigenvalue weighted by atomic mass is 10.0. The molecule has 24 heavy (non-hydrogen) atoms. The van der Waals surface area contributed by atoms with E-state index in [9.17, 15) is 0 Å². The molecule has 2 aliphatic rings. The monoisotopic (exact) mass is 328 g/mol. The van der Waals surface area contributed by atoms with Gasteiger partial charge in [-0.3, -0.25) is 10.00 Å². The zero-order valence-electron chi connectivity index (χ0n) is 14.3. The molecule has 6 nitrogen and oxygen atoms in total. The van der Waals surface area contributed by atoms with Crippen LogP contribution in [-0.2, 0) is 6.54 Å². The first kappa shape index (κ1) is 15.5. The molecule has 1 aromatic heterocycles. The number of aromatic amines is 1. The summed E-state index contributed by atoms with van der Waals surface area (Å²) in [5, 5.41) is 11.0. The summed E-state index contributed by atoms with van der Waals surface area (Å²) < 4.78 is 11.3. The average Bonchev–Trinajstić information content (AvgIpc) is 3.01. The van der Waals surface area contributed by atoms with Crippen molar-refractivity contribution in [3.8, 4) is 22.8 Å². The van der Waals surface area contributed by atoms with E-state index >= 15 is 0 Å². The third-order valence-corrected chi connectivity index (χ3v) is 4.59. The highest BCUT2D eigenvalue weighted by Crippen LogP contribution is 2.35. The maximum Gasteiger partial charge on any atom is 0.162 e. The fraction of sp³-hybridized carbons (Fsp3) is 0.500. The first-order chi connectivity index (χ1) is 11.6. The zero-order valence-corrected chi connectivity index (χ0v) is 14.3. The topological polar surface area (TPSA) is 62.4 Å². The van der Waals surface area contributed by atoms with Gasteiger partial charge in [0.25, 0.3) is 0 Å². The van der Waals surface area contributed by atoms with Crippen molar-refractivity contribution in [1.82, 2.24) is 20.4 Å². The second kappa shape index (κ2) is 6.11. The number of fused-ring (bicyclic) bond motifs is 1. The third kappa shape index (κ3) is 3.12. The Hall–Kier alpha value is -2.05. The summed E-state index contributed by atoms with van der Waals surface area (Å²) in [6.45, 7) is 9.69. The zero-order chi connectivity index (χ0) is 16.6. The number of hydrogen-bond donors (Lipinski definition) is 2. The Morgan fingerprint density at radius 3 is 2.88 bits per heavy atom. The van der Waals surface area contributed by atoms with Crippen LogP contribution in [0, 0.1) is 0 Å². The van der Waals surface area contributed by atoms with Crippen molar-refractivity contribution in [2.45, 2.75) is 25.9 Å². The SMILES string of the molecule is CC1(C)CN(Cc2cn[nH]c2-c2ccc3c(c2)OCCO3)CCN1. The Bertz CT molecular complexity index is 726. The lowest BCUT2D eigenvalue weighted by Gasteiger charge is -2.39. The smallest absolute Gasteiger partial charge is 0.162 e. The van der Waals surface area contributed by atoms with E-state index in [2.05, 4.69) is 40.3 Å². The van der Waals surface area contributed by atoms with Crippen LogP contribution in [0.15, 0.2) is 24.4 Å². The van der Waals surface area contributed by atoms with Crippen LogP contribution in [0.2, 0.25) is 0 Å². The molecule has 2 N–H and O–H groups in total. The molecule has 0 saturated carbocycles. The third-order valence-electron chi connectivity index (χ3n) is 4.59. The predicted octanol–water partition coefficient (Wildman–Crippen LogP) is 2.03. The minimum atomic E-state index is 0.152. The lowest BCUT2D eigenvalue weighted by Crippen LogP contribution is -2.56. The van der Waals surface area contributed by atoms with Gasteiger partial charge in [-0.1, -0.05) is 0 Å². The Morgan fingerprint density at radius 1 is 1.21 bits per heavy atom. The summed E-state index contributed by atoms with van der Waals surface area (Å²) in [6, 6.07) is 6.07. The molecule has 128 valence electrons. The summed E-state index contributed by atoms with van der Waals surface area (Å²) in [5.41, 5.74) is 3.51. The van der Waals surface area contributed by atoms with Crippen LogP contribution in [-0.4, -0.2) is 53.5 Å². The first-order valence-electron chi connectivity index (χ1n) is 8.50. The van der Waals surface area contributed by atoms with E-state index in [-0.39, 0.29) is 5.54 Å². The van der Waals surface area contributed by atoms with E-state index < -0.39 is 0 Å². The minimum Gasteiger partial charge on any atom is -0.486 e. The molecule has 0 aliphatic carbocycles. The number of hydrogen-bond acceptors (Lipinski definition) is 5. The standard InChI is InChI=1S/C18H24N4O2/c1-18(2)12-22(6-5-19-18)11-14-10-20-21-17(14)13-3-4-15-16(9-13)24-8-7-23-15/h3-4,9-10,19H,5-8,11-12H2,1-2H3,(H,20,21). The highest BCUT2D eigenvalue weighted by atomic mass is 16.6. The molecule has 1 aromatic carbocycles. The van der Waals surface area contributed by atoms with Crippen molar-refractivity contribution in [1.29, 1.82) is 0 Å². The second-order valence-corrected chi connectivity index (χ2v) is 7.15. The van der Waals surface area contributed by atoms with Gasteiger partial charge < -0.3 is 14.8 Å². The lowest BCUT2D eigenvalue weighted by molar-refractivity contribution is 0.148. The van der Waals surface area contributed by atoms with Crippen LogP contribution >= 0.6 is 0 Å². The van der Waals surface area contributed by atoms with E-state index in [1.807, 2.05) is 18.3 Å². The van der Waals surface area contributed by atoms with Crippen molar-refractivity contribution in [3.63, 3.8) is 0 Å². The van der Waals surface area contributed by atoms with E-state index in [0.29, 0.717) is 13.2 Å². The highest BCUT2D eigenvalue weighted by molar-refractivity contribution is 5.66. The van der Waals surface area contributed by atoms with Crippen molar-refractivity contribution in [2.24, 2.45) is 0 Å². The molecule has 6 heteroatoms. The molecule has 4 rings (SSSR count). The van der Waals surface area contributed by atoms with Crippen LogP contribution in [0.25, 0.3) is 11.3 Å². The number of ether oxygens (including phenoxy) is 2. The second-order valence-electron chi connectivity index (χ2n) is 7.15. The molecular weight excluding hydrogens is 304 g/mol. The molecule has 1 saturated heterocycles. The van der Waals surface area contributed by atoms with Gasteiger partial charge in [0.15, 0.2) is 11.5 Å². The quantitative estimate of drug-likeness (QED) is 0.903. The van der Waals surface area contributed by atoms with Crippen LogP contribution in [0.3, 0.4) is 0 Å². The molecule has 0 radical (unpaired) electrons. The van der Waals surface area contributed by atoms with Gasteiger partial charge in [-0.05, 0) is 32.0 Å². The van der Waals surface area contributed by atoms with Crippen molar-refractivity contribution >= 4 is 0 Å². The number of nitrogens with zero attached hydrogens (tertiary/aromatic N) is 2. The van der Waals surface area contributed by atoms with Gasteiger partial charge in [-0.15, -0.1) is 0 Å². The molecule has 0 unspecified atom stereocenters. The van der Waals surface area contributed by atoms with Gasteiger partial charge in [-0.25, -0.2) is 0 Å². The van der Waals surface area contributed by atoms with Gasteiger partial charge in [0.05, 0.1) is 11.9 Å². The number of nitrogens with one attached hydrogen (secondary N) is 2. The summed E-state index contributed by atoms with van der Waals surface area (Å²) in [4.78, 5) is 2.48. The van der Waals surface area contributed by atoms with E-state index in [1.165, 1.54) is 5.56 Å². The van der Waals surface area contributed by atoms with Crippen LogP contribution in [0.1, 0.15) is 19.4 Å². The molecule has 2 aromatic rings. The van der Waals surface area contributed by atoms with Crippen LogP contribution in [0.5, 0.6) is 11.5 Å². The number of benzene rings is 1. The van der Waals surface area contributed by atoms with Crippen molar-refractivity contribution < 1.29 is 9.47 Å². The van der Waals surface area contributed by atoms with Crippen molar-refractivity contribution in [2.75, 3.05) is 32.8 Å². The highest BCUT2D eigenvalue weighted by Gasteiger charge is 2.26. The molecule has 2 aliphatic heterocycles. The largest absolute Gasteiger partial charge is 0.486 e. The Balaban J connectivity index is 1.56. The number of rotatable bonds is 3. The molecule has 3 heterocycles. The summed E-state index contributed by atoms with van der Waals surface area (Å²) in [6.07, 6.45) is 1.93. The minimum absolute atomic E-state index is 0.152. The summed E-state index contributed by atoms with van der Waals surface area (Å²) in [5.74, 6) is 1.62. The van der Waals surface area contributed by atoms with Gasteiger partial charge in [0.1, 0.15) is 13.2 Å². The Labute approximate surface area is 142 Å². The maximum atomic E-state index is 5.70. The number of piperazine rings is 1. The summed E-state index contributed by atoms with van der Waals surface area (Å²) >= 11 is 0. The Kier molecular flexibility index (Phi) is 3.94. The molecule has 0 spiro atoms. The van der Waals surface area contributed by atoms with Gasteiger partial charge >= 0.3 is 0 Å².